The molecule has 0 radical (unpaired) electrons. The third kappa shape index (κ3) is 4.33. The fourth-order valence-electron chi connectivity index (χ4n) is 2.70. The molecule has 146 valence electrons. The number of amides is 1. The van der Waals surface area contributed by atoms with Crippen LogP contribution in [-0.2, 0) is 11.0 Å². The molecule has 10 heteroatoms. The van der Waals surface area contributed by atoms with Crippen LogP contribution in [0.2, 0.25) is 0 Å². The first kappa shape index (κ1) is 19.9. The predicted octanol–water partition coefficient (Wildman–Crippen LogP) is 4.03. The molecule has 1 aromatic heterocycles. The van der Waals surface area contributed by atoms with E-state index in [9.17, 15) is 18.0 Å². The Morgan fingerprint density at radius 3 is 2.46 bits per heavy atom. The van der Waals surface area contributed by atoms with Gasteiger partial charge in [0.25, 0.3) is 0 Å². The first-order chi connectivity index (χ1) is 13.3. The summed E-state index contributed by atoms with van der Waals surface area (Å²) in [5.74, 6) is -0.727. The summed E-state index contributed by atoms with van der Waals surface area (Å²) in [6.45, 7) is 3.83. The van der Waals surface area contributed by atoms with Gasteiger partial charge in [0.05, 0.1) is 22.7 Å². The molecule has 3 rings (SSSR count). The van der Waals surface area contributed by atoms with E-state index in [2.05, 4.69) is 20.8 Å². The SMILES string of the molecule is Cc1cccc(C)c1-n1nnnc1SCC(=O)Nc1ccccc1C(F)(F)F. The number of aryl methyl sites for hydroxylation is 2. The molecule has 2 aromatic carbocycles. The highest BCUT2D eigenvalue weighted by atomic mass is 32.2. The predicted molar refractivity (Wildman–Crippen MR) is 99.4 cm³/mol. The lowest BCUT2D eigenvalue weighted by molar-refractivity contribution is -0.137. The highest BCUT2D eigenvalue weighted by Gasteiger charge is 2.33. The zero-order chi connectivity index (χ0) is 20.3. The zero-order valence-electron chi connectivity index (χ0n) is 15.0. The summed E-state index contributed by atoms with van der Waals surface area (Å²) in [6.07, 6.45) is -4.55. The van der Waals surface area contributed by atoms with Crippen LogP contribution in [-0.4, -0.2) is 31.9 Å². The number of anilines is 1. The van der Waals surface area contributed by atoms with E-state index in [1.165, 1.54) is 22.9 Å². The standard InChI is InChI=1S/C18H16F3N5OS/c1-11-6-5-7-12(2)16(11)26-17(23-24-25-26)28-10-15(27)22-14-9-4-3-8-13(14)18(19,20)21/h3-9H,10H2,1-2H3,(H,22,27). The molecule has 0 saturated heterocycles. The van der Waals surface area contributed by atoms with Crippen LogP contribution in [0.5, 0.6) is 0 Å². The Morgan fingerprint density at radius 2 is 1.79 bits per heavy atom. The number of hydrogen-bond donors (Lipinski definition) is 1. The Hall–Kier alpha value is -2.88. The van der Waals surface area contributed by atoms with Crippen molar-refractivity contribution in [2.24, 2.45) is 0 Å². The molecule has 28 heavy (non-hydrogen) atoms. The van der Waals surface area contributed by atoms with Crippen molar-refractivity contribution in [1.29, 1.82) is 0 Å². The molecule has 3 aromatic rings. The number of carbonyl (C=O) groups excluding carboxylic acids is 1. The molecule has 0 fully saturated rings. The van der Waals surface area contributed by atoms with Gasteiger partial charge in [-0.15, -0.1) is 5.10 Å². The number of hydrogen-bond acceptors (Lipinski definition) is 5. The van der Waals surface area contributed by atoms with Crippen molar-refractivity contribution in [3.8, 4) is 5.69 Å². The minimum atomic E-state index is -4.55. The molecule has 0 atom stereocenters. The molecule has 0 aliphatic rings. The van der Waals surface area contributed by atoms with Crippen LogP contribution in [0.4, 0.5) is 18.9 Å². The van der Waals surface area contributed by atoms with Crippen molar-refractivity contribution in [1.82, 2.24) is 20.2 Å². The largest absolute Gasteiger partial charge is 0.418 e. The van der Waals surface area contributed by atoms with Gasteiger partial charge in [0, 0.05) is 0 Å². The van der Waals surface area contributed by atoms with E-state index in [0.717, 1.165) is 34.6 Å². The lowest BCUT2D eigenvalue weighted by Gasteiger charge is -2.13. The molecular weight excluding hydrogens is 391 g/mol. The number of benzene rings is 2. The number of thioether (sulfide) groups is 1. The Balaban J connectivity index is 1.73. The number of alkyl halides is 3. The van der Waals surface area contributed by atoms with Crippen LogP contribution in [0.15, 0.2) is 47.6 Å². The average Bonchev–Trinajstić information content (AvgIpc) is 3.07. The lowest BCUT2D eigenvalue weighted by atomic mass is 10.1. The first-order valence-electron chi connectivity index (χ1n) is 8.21. The fraction of sp³-hybridized carbons (Fsp3) is 0.222. The number of tetrazole rings is 1. The maximum Gasteiger partial charge on any atom is 0.418 e. The van der Waals surface area contributed by atoms with E-state index in [0.29, 0.717) is 5.16 Å². The minimum absolute atomic E-state index is 0.141. The minimum Gasteiger partial charge on any atom is -0.325 e. The quantitative estimate of drug-likeness (QED) is 0.647. The maximum absolute atomic E-state index is 13.0. The van der Waals surface area contributed by atoms with Gasteiger partial charge in [-0.05, 0) is 47.5 Å². The van der Waals surface area contributed by atoms with Gasteiger partial charge in [-0.1, -0.05) is 42.1 Å². The van der Waals surface area contributed by atoms with E-state index in [4.69, 9.17) is 0 Å². The molecule has 1 heterocycles. The average molecular weight is 407 g/mol. The van der Waals surface area contributed by atoms with Crippen LogP contribution < -0.4 is 5.32 Å². The van der Waals surface area contributed by atoms with E-state index in [1.54, 1.807) is 0 Å². The van der Waals surface area contributed by atoms with Crippen molar-refractivity contribution in [3.63, 3.8) is 0 Å². The molecule has 0 bridgehead atoms. The van der Waals surface area contributed by atoms with E-state index in [1.807, 2.05) is 32.0 Å². The number of halogens is 3. The molecule has 0 aliphatic heterocycles. The second-order valence-corrected chi connectivity index (χ2v) is 6.94. The van der Waals surface area contributed by atoms with Gasteiger partial charge in [0.15, 0.2) is 0 Å². The number of para-hydroxylation sites is 2. The van der Waals surface area contributed by atoms with Gasteiger partial charge in [-0.2, -0.15) is 17.9 Å². The molecule has 0 unspecified atom stereocenters. The lowest BCUT2D eigenvalue weighted by Crippen LogP contribution is -2.18. The second kappa shape index (κ2) is 8.01. The molecule has 1 amide bonds. The number of nitrogens with one attached hydrogen (secondary N) is 1. The third-order valence-corrected chi connectivity index (χ3v) is 4.85. The van der Waals surface area contributed by atoms with Crippen molar-refractivity contribution in [3.05, 3.63) is 59.2 Å². The number of nitrogens with zero attached hydrogens (tertiary/aromatic N) is 4. The van der Waals surface area contributed by atoms with Gasteiger partial charge in [0.2, 0.25) is 11.1 Å². The second-order valence-electron chi connectivity index (χ2n) is 5.99. The van der Waals surface area contributed by atoms with Crippen molar-refractivity contribution in [2.75, 3.05) is 11.1 Å². The topological polar surface area (TPSA) is 72.7 Å². The Morgan fingerprint density at radius 1 is 1.11 bits per heavy atom. The Kier molecular flexibility index (Phi) is 5.68. The van der Waals surface area contributed by atoms with Crippen molar-refractivity contribution in [2.45, 2.75) is 25.2 Å². The van der Waals surface area contributed by atoms with E-state index < -0.39 is 17.6 Å². The highest BCUT2D eigenvalue weighted by molar-refractivity contribution is 7.99. The van der Waals surface area contributed by atoms with Crippen LogP contribution in [0.25, 0.3) is 5.69 Å². The van der Waals surface area contributed by atoms with Gasteiger partial charge >= 0.3 is 6.18 Å². The monoisotopic (exact) mass is 407 g/mol. The van der Waals surface area contributed by atoms with Gasteiger partial charge in [-0.3, -0.25) is 4.79 Å². The van der Waals surface area contributed by atoms with Crippen LogP contribution in [0.1, 0.15) is 16.7 Å². The Bertz CT molecular complexity index is 983. The van der Waals surface area contributed by atoms with Crippen molar-refractivity contribution >= 4 is 23.4 Å². The molecule has 6 nitrogen and oxygen atoms in total. The molecule has 0 saturated carbocycles. The summed E-state index contributed by atoms with van der Waals surface area (Å²) in [5.41, 5.74) is 1.54. The normalized spacial score (nSPS) is 11.5. The van der Waals surface area contributed by atoms with E-state index >= 15 is 0 Å². The molecule has 0 spiro atoms. The summed E-state index contributed by atoms with van der Waals surface area (Å²) < 4.78 is 40.6. The molecule has 0 aliphatic carbocycles. The summed E-state index contributed by atoms with van der Waals surface area (Å²) >= 11 is 1.04. The van der Waals surface area contributed by atoms with Crippen molar-refractivity contribution < 1.29 is 18.0 Å². The summed E-state index contributed by atoms with van der Waals surface area (Å²) in [7, 11) is 0. The third-order valence-electron chi connectivity index (χ3n) is 3.93. The number of aromatic nitrogens is 4. The van der Waals surface area contributed by atoms with Crippen LogP contribution in [0.3, 0.4) is 0 Å². The van der Waals surface area contributed by atoms with Crippen LogP contribution >= 0.6 is 11.8 Å². The van der Waals surface area contributed by atoms with E-state index in [-0.39, 0.29) is 11.4 Å². The fourth-order valence-corrected chi connectivity index (χ4v) is 3.38. The highest BCUT2D eigenvalue weighted by Crippen LogP contribution is 2.34. The number of rotatable bonds is 5. The van der Waals surface area contributed by atoms with Gasteiger partial charge in [-0.25, -0.2) is 0 Å². The molecule has 1 N–H and O–H groups in total. The molecular formula is C18H16F3N5OS. The summed E-state index contributed by atoms with van der Waals surface area (Å²) in [6, 6.07) is 10.6. The zero-order valence-corrected chi connectivity index (χ0v) is 15.8. The maximum atomic E-state index is 13.0. The van der Waals surface area contributed by atoms with Gasteiger partial charge in [0.1, 0.15) is 0 Å². The summed E-state index contributed by atoms with van der Waals surface area (Å²) in [4.78, 5) is 12.2. The number of carbonyl (C=O) groups is 1. The smallest absolute Gasteiger partial charge is 0.325 e. The van der Waals surface area contributed by atoms with Crippen LogP contribution in [0, 0.1) is 13.8 Å². The van der Waals surface area contributed by atoms with Gasteiger partial charge < -0.3 is 5.32 Å². The first-order valence-corrected chi connectivity index (χ1v) is 9.20. The summed E-state index contributed by atoms with van der Waals surface area (Å²) in [5, 5.41) is 14.2. The Labute approximate surface area is 163 Å².